The second kappa shape index (κ2) is 9.72. The summed E-state index contributed by atoms with van der Waals surface area (Å²) in [5, 5.41) is 19.2. The molecule has 0 radical (unpaired) electrons. The molecule has 2 aromatic carbocycles. The fraction of sp³-hybridized carbons (Fsp3) is 0.111. The van der Waals surface area contributed by atoms with Crippen molar-refractivity contribution in [1.29, 1.82) is 0 Å². The smallest absolute Gasteiger partial charge is 0.335 e. The molecule has 0 amide bonds. The van der Waals surface area contributed by atoms with Crippen LogP contribution in [0.5, 0.6) is 0 Å². The highest BCUT2D eigenvalue weighted by atomic mass is 32.2. The van der Waals surface area contributed by atoms with Crippen molar-refractivity contribution in [3.05, 3.63) is 109 Å². The summed E-state index contributed by atoms with van der Waals surface area (Å²) in [7, 11) is 0. The van der Waals surface area contributed by atoms with E-state index >= 15 is 0 Å². The zero-order chi connectivity index (χ0) is 26.3. The van der Waals surface area contributed by atoms with Gasteiger partial charge in [-0.15, -0.1) is 11.8 Å². The van der Waals surface area contributed by atoms with Crippen molar-refractivity contribution < 1.29 is 24.2 Å². The summed E-state index contributed by atoms with van der Waals surface area (Å²) in [5.41, 5.74) is 1.43. The number of carbonyl (C=O) groups is 2. The summed E-state index contributed by atoms with van der Waals surface area (Å²) in [6, 6.07) is 16.4. The fourth-order valence-electron chi connectivity index (χ4n) is 4.22. The van der Waals surface area contributed by atoms with Crippen molar-refractivity contribution in [2.75, 3.05) is 6.26 Å². The van der Waals surface area contributed by atoms with Gasteiger partial charge in [-0.2, -0.15) is 0 Å². The average molecular weight is 533 g/mol. The summed E-state index contributed by atoms with van der Waals surface area (Å²) in [6.45, 7) is 1.63. The number of carboxylic acid groups (broad SMARTS) is 2. The van der Waals surface area contributed by atoms with E-state index < -0.39 is 18.0 Å². The van der Waals surface area contributed by atoms with Gasteiger partial charge in [-0.1, -0.05) is 35.6 Å². The minimum atomic E-state index is -1.13. The summed E-state index contributed by atoms with van der Waals surface area (Å²) in [4.78, 5) is 42.9. The Morgan fingerprint density at radius 3 is 2.51 bits per heavy atom. The van der Waals surface area contributed by atoms with Crippen molar-refractivity contribution in [1.82, 2.24) is 4.57 Å². The van der Waals surface area contributed by atoms with Gasteiger partial charge in [0.15, 0.2) is 4.80 Å². The van der Waals surface area contributed by atoms with Gasteiger partial charge in [0, 0.05) is 16.5 Å². The Morgan fingerprint density at radius 2 is 1.84 bits per heavy atom. The number of aromatic nitrogens is 1. The number of allylic oxidation sites excluding steroid dienone is 1. The third-order valence-electron chi connectivity index (χ3n) is 5.98. The van der Waals surface area contributed by atoms with Crippen LogP contribution in [-0.4, -0.2) is 33.0 Å². The number of rotatable bonds is 6. The predicted molar refractivity (Wildman–Crippen MR) is 141 cm³/mol. The van der Waals surface area contributed by atoms with Gasteiger partial charge in [0.25, 0.3) is 5.56 Å². The van der Waals surface area contributed by atoms with Crippen LogP contribution in [0.4, 0.5) is 0 Å². The molecule has 0 bridgehead atoms. The largest absolute Gasteiger partial charge is 0.478 e. The van der Waals surface area contributed by atoms with Crippen molar-refractivity contribution >= 4 is 41.1 Å². The maximum atomic E-state index is 13.6. The van der Waals surface area contributed by atoms with Gasteiger partial charge in [-0.25, -0.2) is 14.6 Å². The molecule has 1 unspecified atom stereocenters. The first kappa shape index (κ1) is 24.5. The Bertz CT molecular complexity index is 1760. The Kier molecular flexibility index (Phi) is 6.45. The summed E-state index contributed by atoms with van der Waals surface area (Å²) in [5.74, 6) is -1.31. The van der Waals surface area contributed by atoms with Crippen LogP contribution in [0.25, 0.3) is 17.4 Å². The fourth-order valence-corrected chi connectivity index (χ4v) is 5.65. The van der Waals surface area contributed by atoms with Gasteiger partial charge in [0.1, 0.15) is 11.5 Å². The van der Waals surface area contributed by atoms with E-state index in [1.807, 2.05) is 30.5 Å². The highest BCUT2D eigenvalue weighted by Crippen LogP contribution is 2.31. The van der Waals surface area contributed by atoms with Crippen LogP contribution in [0.1, 0.15) is 34.6 Å². The first-order chi connectivity index (χ1) is 17.8. The zero-order valence-corrected chi connectivity index (χ0v) is 21.3. The molecule has 8 nitrogen and oxygen atoms in total. The van der Waals surface area contributed by atoms with Crippen LogP contribution in [0.15, 0.2) is 91.0 Å². The molecule has 2 N–H and O–H groups in total. The normalized spacial score (nSPS) is 15.4. The van der Waals surface area contributed by atoms with Gasteiger partial charge in [-0.3, -0.25) is 9.36 Å². The standard InChI is InChI=1S/C27H20N2O6S2/c1-14-22(26(33)34)23(15-6-9-19(36-2)10-7-15)29-24(30)21(37-27(29)28-14)13-18-8-11-20(35-18)16-4-3-5-17(12-16)25(31)32/h3-13,23H,1-2H3,(H,31,32)(H,33,34). The van der Waals surface area contributed by atoms with E-state index in [2.05, 4.69) is 4.99 Å². The van der Waals surface area contributed by atoms with Crippen molar-refractivity contribution in [2.24, 2.45) is 4.99 Å². The van der Waals surface area contributed by atoms with E-state index in [4.69, 9.17) is 4.42 Å². The van der Waals surface area contributed by atoms with Crippen molar-refractivity contribution in [3.63, 3.8) is 0 Å². The first-order valence-electron chi connectivity index (χ1n) is 11.1. The molecular weight excluding hydrogens is 512 g/mol. The van der Waals surface area contributed by atoms with Crippen LogP contribution >= 0.6 is 23.1 Å². The SMILES string of the molecule is CSc1ccc(C2C(C(=O)O)=C(C)N=c3sc(=Cc4ccc(-c5cccc(C(=O)O)c5)o4)c(=O)n32)cc1. The zero-order valence-electron chi connectivity index (χ0n) is 19.7. The minimum absolute atomic E-state index is 0.0504. The van der Waals surface area contributed by atoms with Crippen LogP contribution in [0.3, 0.4) is 0 Å². The second-order valence-corrected chi connectivity index (χ2v) is 10.1. The average Bonchev–Trinajstić information content (AvgIpc) is 3.47. The number of thiazole rings is 1. The van der Waals surface area contributed by atoms with Crippen LogP contribution in [-0.2, 0) is 4.79 Å². The van der Waals surface area contributed by atoms with E-state index in [-0.39, 0.29) is 16.7 Å². The van der Waals surface area contributed by atoms with Gasteiger partial charge >= 0.3 is 11.9 Å². The third-order valence-corrected chi connectivity index (χ3v) is 7.70. The number of thioether (sulfide) groups is 1. The van der Waals surface area contributed by atoms with E-state index in [1.165, 1.54) is 16.7 Å². The highest BCUT2D eigenvalue weighted by molar-refractivity contribution is 7.98. The van der Waals surface area contributed by atoms with Gasteiger partial charge in [-0.05, 0) is 55.1 Å². The molecule has 0 saturated heterocycles. The monoisotopic (exact) mass is 532 g/mol. The molecule has 5 rings (SSSR count). The lowest BCUT2D eigenvalue weighted by atomic mass is 9.96. The lowest BCUT2D eigenvalue weighted by molar-refractivity contribution is -0.133. The second-order valence-electron chi connectivity index (χ2n) is 8.25. The van der Waals surface area contributed by atoms with E-state index in [9.17, 15) is 24.6 Å². The van der Waals surface area contributed by atoms with Gasteiger partial charge in [0.05, 0.1) is 27.4 Å². The lowest BCUT2D eigenvalue weighted by Crippen LogP contribution is -2.39. The molecule has 0 spiro atoms. The summed E-state index contributed by atoms with van der Waals surface area (Å²) >= 11 is 2.72. The maximum Gasteiger partial charge on any atom is 0.335 e. The minimum Gasteiger partial charge on any atom is -0.478 e. The molecule has 37 heavy (non-hydrogen) atoms. The number of nitrogens with zero attached hydrogens (tertiary/aromatic N) is 2. The molecule has 10 heteroatoms. The number of aliphatic carboxylic acids is 1. The number of hydrogen-bond acceptors (Lipinski definition) is 7. The molecule has 0 fully saturated rings. The van der Waals surface area contributed by atoms with Crippen LogP contribution in [0.2, 0.25) is 0 Å². The lowest BCUT2D eigenvalue weighted by Gasteiger charge is -2.23. The van der Waals surface area contributed by atoms with E-state index in [1.54, 1.807) is 49.0 Å². The molecule has 1 aliphatic heterocycles. The van der Waals surface area contributed by atoms with Gasteiger partial charge < -0.3 is 14.6 Å². The van der Waals surface area contributed by atoms with Crippen molar-refractivity contribution in [2.45, 2.75) is 17.9 Å². The number of fused-ring (bicyclic) bond motifs is 1. The molecule has 4 aromatic rings. The van der Waals surface area contributed by atoms with Crippen LogP contribution < -0.4 is 14.9 Å². The maximum absolute atomic E-state index is 13.6. The summed E-state index contributed by atoms with van der Waals surface area (Å²) in [6.07, 6.45) is 3.54. The van der Waals surface area contributed by atoms with Gasteiger partial charge in [0.2, 0.25) is 0 Å². The molecule has 0 aliphatic carbocycles. The molecule has 1 atom stereocenters. The number of hydrogen-bond donors (Lipinski definition) is 2. The molecule has 3 heterocycles. The Labute approximate surface area is 218 Å². The topological polar surface area (TPSA) is 122 Å². The molecule has 1 aliphatic rings. The number of carboxylic acids is 2. The molecular formula is C27H20N2O6S2. The third kappa shape index (κ3) is 4.56. The highest BCUT2D eigenvalue weighted by Gasteiger charge is 2.32. The predicted octanol–water partition coefficient (Wildman–Crippen LogP) is 4.00. The molecule has 2 aromatic heterocycles. The quantitative estimate of drug-likeness (QED) is 0.360. The Balaban J connectivity index is 1.61. The van der Waals surface area contributed by atoms with E-state index in [0.717, 1.165) is 16.2 Å². The van der Waals surface area contributed by atoms with E-state index in [0.29, 0.717) is 37.7 Å². The number of furan rings is 1. The van der Waals surface area contributed by atoms with Crippen LogP contribution in [0, 0.1) is 0 Å². The first-order valence-corrected chi connectivity index (χ1v) is 13.1. The Hall–Kier alpha value is -4.15. The number of aromatic carboxylic acids is 1. The summed E-state index contributed by atoms with van der Waals surface area (Å²) < 4.78 is 7.64. The molecule has 0 saturated carbocycles. The number of benzene rings is 2. The molecule has 186 valence electrons. The Morgan fingerprint density at radius 1 is 1.08 bits per heavy atom. The van der Waals surface area contributed by atoms with Crippen molar-refractivity contribution in [3.8, 4) is 11.3 Å².